The number of pyridine rings is 1. The molecular weight excluding hydrogens is 348 g/mol. The molecular formula is C19H22N4O2S. The number of amides is 2. The molecule has 1 saturated carbocycles. The van der Waals surface area contributed by atoms with Crippen LogP contribution in [-0.2, 0) is 11.3 Å². The van der Waals surface area contributed by atoms with Crippen LogP contribution in [-0.4, -0.2) is 32.7 Å². The van der Waals surface area contributed by atoms with E-state index in [-0.39, 0.29) is 17.9 Å². The molecule has 0 aromatic carbocycles. The Morgan fingerprint density at radius 3 is 2.69 bits per heavy atom. The fourth-order valence-electron chi connectivity index (χ4n) is 3.67. The molecule has 136 valence electrons. The third kappa shape index (κ3) is 2.90. The molecule has 0 saturated heterocycles. The lowest BCUT2D eigenvalue weighted by Crippen LogP contribution is -2.34. The normalized spacial score (nSPS) is 17.4. The second-order valence-corrected chi connectivity index (χ2v) is 8.25. The van der Waals surface area contributed by atoms with E-state index < -0.39 is 0 Å². The van der Waals surface area contributed by atoms with Crippen molar-refractivity contribution in [3.8, 4) is 10.6 Å². The number of hydrogen-bond donors (Lipinski definition) is 1. The minimum absolute atomic E-state index is 0.107. The molecule has 0 unspecified atom stereocenters. The maximum absolute atomic E-state index is 12.9. The van der Waals surface area contributed by atoms with Crippen molar-refractivity contribution >= 4 is 28.3 Å². The van der Waals surface area contributed by atoms with Crippen LogP contribution in [0.2, 0.25) is 0 Å². The summed E-state index contributed by atoms with van der Waals surface area (Å²) in [6.45, 7) is 8.08. The molecule has 0 spiro atoms. The number of thiazole rings is 1. The van der Waals surface area contributed by atoms with Gasteiger partial charge in [0.1, 0.15) is 0 Å². The highest BCUT2D eigenvalue weighted by atomic mass is 32.1. The highest BCUT2D eigenvalue weighted by Crippen LogP contribution is 2.40. The van der Waals surface area contributed by atoms with Crippen LogP contribution in [0, 0.1) is 19.8 Å². The summed E-state index contributed by atoms with van der Waals surface area (Å²) in [5.41, 5.74) is 4.21. The SMILES string of the molecule is CC(=O)Nc1nc(C)c(-c2cc3c(c(C)n2)C(=O)N([C@@H](C)C2CC2)C3)s1. The van der Waals surface area contributed by atoms with Gasteiger partial charge in [-0.25, -0.2) is 4.98 Å². The number of rotatable bonds is 4. The zero-order valence-corrected chi connectivity index (χ0v) is 16.2. The van der Waals surface area contributed by atoms with Crippen LogP contribution in [0.4, 0.5) is 5.13 Å². The maximum atomic E-state index is 12.9. The molecule has 1 aliphatic heterocycles. The first kappa shape index (κ1) is 17.1. The summed E-state index contributed by atoms with van der Waals surface area (Å²) in [4.78, 5) is 36.1. The maximum Gasteiger partial charge on any atom is 0.256 e. The Balaban J connectivity index is 1.69. The average Bonchev–Trinajstić information content (AvgIpc) is 3.27. The van der Waals surface area contributed by atoms with Gasteiger partial charge in [0, 0.05) is 19.5 Å². The van der Waals surface area contributed by atoms with Gasteiger partial charge >= 0.3 is 0 Å². The number of nitrogens with one attached hydrogen (secondary N) is 1. The van der Waals surface area contributed by atoms with E-state index in [1.54, 1.807) is 0 Å². The van der Waals surface area contributed by atoms with Crippen LogP contribution in [0.5, 0.6) is 0 Å². The van der Waals surface area contributed by atoms with Gasteiger partial charge in [-0.3, -0.25) is 14.6 Å². The number of carbonyl (C=O) groups excluding carboxylic acids is 2. The molecule has 2 aromatic rings. The first-order valence-electron chi connectivity index (χ1n) is 8.92. The Morgan fingerprint density at radius 2 is 2.04 bits per heavy atom. The van der Waals surface area contributed by atoms with Gasteiger partial charge in [0.05, 0.1) is 27.5 Å². The zero-order chi connectivity index (χ0) is 18.6. The van der Waals surface area contributed by atoms with E-state index in [2.05, 4.69) is 22.2 Å². The van der Waals surface area contributed by atoms with Crippen molar-refractivity contribution in [2.24, 2.45) is 5.92 Å². The molecule has 1 atom stereocenters. The zero-order valence-electron chi connectivity index (χ0n) is 15.4. The monoisotopic (exact) mass is 370 g/mol. The van der Waals surface area contributed by atoms with Crippen molar-refractivity contribution in [1.82, 2.24) is 14.9 Å². The van der Waals surface area contributed by atoms with Crippen LogP contribution in [0.1, 0.15) is 54.0 Å². The predicted molar refractivity (Wildman–Crippen MR) is 101 cm³/mol. The number of fused-ring (bicyclic) bond motifs is 1. The molecule has 1 aliphatic carbocycles. The molecule has 6 nitrogen and oxygen atoms in total. The van der Waals surface area contributed by atoms with Crippen molar-refractivity contribution in [3.63, 3.8) is 0 Å². The van der Waals surface area contributed by atoms with Gasteiger partial charge in [0.25, 0.3) is 5.91 Å². The highest BCUT2D eigenvalue weighted by molar-refractivity contribution is 7.19. The minimum atomic E-state index is -0.140. The van der Waals surface area contributed by atoms with Gasteiger partial charge in [0.2, 0.25) is 5.91 Å². The number of nitrogens with zero attached hydrogens (tertiary/aromatic N) is 3. The third-order valence-corrected chi connectivity index (χ3v) is 6.30. The molecule has 3 heterocycles. The van der Waals surface area contributed by atoms with E-state index >= 15 is 0 Å². The van der Waals surface area contributed by atoms with Crippen LogP contribution in [0.15, 0.2) is 6.07 Å². The Morgan fingerprint density at radius 1 is 1.31 bits per heavy atom. The second-order valence-electron chi connectivity index (χ2n) is 7.25. The first-order valence-corrected chi connectivity index (χ1v) is 9.73. The molecule has 26 heavy (non-hydrogen) atoms. The number of anilines is 1. The van der Waals surface area contributed by atoms with E-state index in [9.17, 15) is 9.59 Å². The molecule has 2 aliphatic rings. The lowest BCUT2D eigenvalue weighted by atomic mass is 10.1. The molecule has 0 radical (unpaired) electrons. The second kappa shape index (κ2) is 6.16. The van der Waals surface area contributed by atoms with Gasteiger partial charge in [0.15, 0.2) is 5.13 Å². The summed E-state index contributed by atoms with van der Waals surface area (Å²) in [6.07, 6.45) is 2.44. The molecule has 7 heteroatoms. The molecule has 0 bridgehead atoms. The van der Waals surface area contributed by atoms with E-state index in [4.69, 9.17) is 0 Å². The smallest absolute Gasteiger partial charge is 0.256 e. The third-order valence-electron chi connectivity index (χ3n) is 5.21. The summed E-state index contributed by atoms with van der Waals surface area (Å²) in [5, 5.41) is 3.30. The number of hydrogen-bond acceptors (Lipinski definition) is 5. The Hall–Kier alpha value is -2.28. The Bertz CT molecular complexity index is 917. The number of carbonyl (C=O) groups is 2. The molecule has 1 N–H and O–H groups in total. The van der Waals surface area contributed by atoms with Gasteiger partial charge in [-0.15, -0.1) is 0 Å². The van der Waals surface area contributed by atoms with Crippen LogP contribution >= 0.6 is 11.3 Å². The molecule has 1 fully saturated rings. The van der Waals surface area contributed by atoms with Crippen molar-refractivity contribution in [2.75, 3.05) is 5.32 Å². The number of aryl methyl sites for hydroxylation is 2. The molecule has 2 amide bonds. The quantitative estimate of drug-likeness (QED) is 0.893. The fourth-order valence-corrected chi connectivity index (χ4v) is 4.64. The van der Waals surface area contributed by atoms with E-state index in [1.807, 2.05) is 24.8 Å². The molecule has 4 rings (SSSR count). The van der Waals surface area contributed by atoms with Crippen LogP contribution in [0.3, 0.4) is 0 Å². The summed E-state index contributed by atoms with van der Waals surface area (Å²) in [7, 11) is 0. The van der Waals surface area contributed by atoms with Crippen LogP contribution < -0.4 is 5.32 Å². The van der Waals surface area contributed by atoms with Gasteiger partial charge in [-0.2, -0.15) is 0 Å². The first-order chi connectivity index (χ1) is 12.3. The van der Waals surface area contributed by atoms with Crippen molar-refractivity contribution in [2.45, 2.75) is 53.1 Å². The summed E-state index contributed by atoms with van der Waals surface area (Å²) in [6, 6.07) is 2.30. The predicted octanol–water partition coefficient (Wildman–Crippen LogP) is 3.53. The topological polar surface area (TPSA) is 75.2 Å². The van der Waals surface area contributed by atoms with Gasteiger partial charge in [-0.05, 0) is 51.2 Å². The Labute approximate surface area is 156 Å². The highest BCUT2D eigenvalue weighted by Gasteiger charge is 2.39. The van der Waals surface area contributed by atoms with Crippen LogP contribution in [0.25, 0.3) is 10.6 Å². The van der Waals surface area contributed by atoms with Crippen molar-refractivity contribution in [3.05, 3.63) is 28.6 Å². The lowest BCUT2D eigenvalue weighted by molar-refractivity contribution is -0.114. The Kier molecular flexibility index (Phi) is 4.06. The summed E-state index contributed by atoms with van der Waals surface area (Å²) >= 11 is 1.41. The summed E-state index contributed by atoms with van der Waals surface area (Å²) in [5.74, 6) is 0.611. The lowest BCUT2D eigenvalue weighted by Gasteiger charge is -2.23. The van der Waals surface area contributed by atoms with Crippen molar-refractivity contribution < 1.29 is 9.59 Å². The van der Waals surface area contributed by atoms with Gasteiger partial charge < -0.3 is 10.2 Å². The average molecular weight is 370 g/mol. The molecule has 2 aromatic heterocycles. The summed E-state index contributed by atoms with van der Waals surface area (Å²) < 4.78 is 0. The van der Waals surface area contributed by atoms with Crippen molar-refractivity contribution in [1.29, 1.82) is 0 Å². The standard InChI is InChI=1S/C19H22N4O2S/c1-9-16-14(8-23(18(16)25)11(3)13-5-6-13)7-15(20-9)17-10(2)21-19(26-17)22-12(4)24/h7,11,13H,5-6,8H2,1-4H3,(H,21,22,24)/t11-/m0/s1. The fraction of sp³-hybridized carbons (Fsp3) is 0.474. The van der Waals surface area contributed by atoms with E-state index in [1.165, 1.54) is 31.1 Å². The van der Waals surface area contributed by atoms with E-state index in [0.29, 0.717) is 17.6 Å². The minimum Gasteiger partial charge on any atom is -0.331 e. The van der Waals surface area contributed by atoms with E-state index in [0.717, 1.165) is 33.1 Å². The van der Waals surface area contributed by atoms with Gasteiger partial charge in [-0.1, -0.05) is 11.3 Å². The largest absolute Gasteiger partial charge is 0.331 e. The number of aromatic nitrogens is 2.